The standard InChI is InChI=1S/C12H7ClN2O2/c13-12-8(4-6-17-12)11(16)9(7-14)10-3-1-2-5-15-10/h1-6,9H. The molecule has 0 spiro atoms. The summed E-state index contributed by atoms with van der Waals surface area (Å²) in [6, 6.07) is 8.42. The quantitative estimate of drug-likeness (QED) is 0.781. The molecular weight excluding hydrogens is 240 g/mol. The van der Waals surface area contributed by atoms with E-state index in [1.54, 1.807) is 18.2 Å². The minimum Gasteiger partial charge on any atom is -0.452 e. The molecule has 0 bridgehead atoms. The molecule has 2 aromatic heterocycles. The first-order valence-corrected chi connectivity index (χ1v) is 5.19. The Morgan fingerprint density at radius 3 is 2.82 bits per heavy atom. The first kappa shape index (κ1) is 11.4. The second-order valence-corrected chi connectivity index (χ2v) is 3.63. The molecule has 84 valence electrons. The highest BCUT2D eigenvalue weighted by atomic mass is 35.5. The molecule has 4 nitrogen and oxygen atoms in total. The monoisotopic (exact) mass is 246 g/mol. The number of hydrogen-bond donors (Lipinski definition) is 0. The van der Waals surface area contributed by atoms with Gasteiger partial charge in [0.25, 0.3) is 0 Å². The van der Waals surface area contributed by atoms with E-state index in [0.29, 0.717) is 5.69 Å². The number of ketones is 1. The second kappa shape index (κ2) is 4.81. The molecule has 0 saturated carbocycles. The van der Waals surface area contributed by atoms with Gasteiger partial charge in [-0.1, -0.05) is 6.07 Å². The van der Waals surface area contributed by atoms with Crippen molar-refractivity contribution in [3.63, 3.8) is 0 Å². The molecule has 1 atom stereocenters. The van der Waals surface area contributed by atoms with Gasteiger partial charge in [-0.15, -0.1) is 0 Å². The molecule has 0 radical (unpaired) electrons. The normalized spacial score (nSPS) is 11.8. The molecule has 1 unspecified atom stereocenters. The Hall–Kier alpha value is -2.12. The van der Waals surface area contributed by atoms with Crippen molar-refractivity contribution in [2.45, 2.75) is 5.92 Å². The molecule has 2 aromatic rings. The van der Waals surface area contributed by atoms with Crippen molar-refractivity contribution >= 4 is 17.4 Å². The van der Waals surface area contributed by atoms with Crippen molar-refractivity contribution in [2.75, 3.05) is 0 Å². The molecule has 0 aliphatic rings. The molecule has 2 heterocycles. The summed E-state index contributed by atoms with van der Waals surface area (Å²) in [5.41, 5.74) is 0.598. The van der Waals surface area contributed by atoms with Crippen molar-refractivity contribution < 1.29 is 9.21 Å². The maximum absolute atomic E-state index is 12.1. The molecule has 2 rings (SSSR count). The highest BCUT2D eigenvalue weighted by Gasteiger charge is 2.25. The third-order valence-corrected chi connectivity index (χ3v) is 2.55. The van der Waals surface area contributed by atoms with Crippen LogP contribution in [0.4, 0.5) is 0 Å². The fraction of sp³-hybridized carbons (Fsp3) is 0.0833. The fourth-order valence-corrected chi connectivity index (χ4v) is 1.64. The number of rotatable bonds is 3. The average molecular weight is 247 g/mol. The number of pyridine rings is 1. The second-order valence-electron chi connectivity index (χ2n) is 3.29. The Balaban J connectivity index is 2.36. The lowest BCUT2D eigenvalue weighted by molar-refractivity contribution is 0.0977. The zero-order chi connectivity index (χ0) is 12.3. The van der Waals surface area contributed by atoms with Crippen LogP contribution in [0.1, 0.15) is 22.0 Å². The third-order valence-electron chi connectivity index (χ3n) is 2.26. The molecule has 17 heavy (non-hydrogen) atoms. The van der Waals surface area contributed by atoms with Crippen LogP contribution in [0.15, 0.2) is 41.1 Å². The van der Waals surface area contributed by atoms with Gasteiger partial charge in [0.05, 0.1) is 23.6 Å². The molecule has 0 aliphatic carbocycles. The van der Waals surface area contributed by atoms with Crippen LogP contribution in [-0.2, 0) is 0 Å². The Bertz CT molecular complexity index is 572. The van der Waals surface area contributed by atoms with Crippen LogP contribution in [0.3, 0.4) is 0 Å². The summed E-state index contributed by atoms with van der Waals surface area (Å²) >= 11 is 5.71. The molecule has 0 N–H and O–H groups in total. The lowest BCUT2D eigenvalue weighted by atomic mass is 9.97. The van der Waals surface area contributed by atoms with Gasteiger partial charge in [0, 0.05) is 6.20 Å². The number of carbonyl (C=O) groups is 1. The van der Waals surface area contributed by atoms with Crippen LogP contribution in [0.5, 0.6) is 0 Å². The van der Waals surface area contributed by atoms with Crippen LogP contribution in [0.2, 0.25) is 5.22 Å². The average Bonchev–Trinajstić information content (AvgIpc) is 2.77. The maximum Gasteiger partial charge on any atom is 0.203 e. The number of hydrogen-bond acceptors (Lipinski definition) is 4. The number of aromatic nitrogens is 1. The molecular formula is C12H7ClN2O2. The van der Waals surface area contributed by atoms with Crippen molar-refractivity contribution in [1.29, 1.82) is 5.26 Å². The van der Waals surface area contributed by atoms with Gasteiger partial charge in [-0.05, 0) is 29.8 Å². The van der Waals surface area contributed by atoms with E-state index in [-0.39, 0.29) is 10.8 Å². The van der Waals surface area contributed by atoms with Gasteiger partial charge in [-0.2, -0.15) is 5.26 Å². The molecule has 0 aromatic carbocycles. The fourth-order valence-electron chi connectivity index (χ4n) is 1.43. The zero-order valence-electron chi connectivity index (χ0n) is 8.63. The molecule has 0 aliphatic heterocycles. The summed E-state index contributed by atoms with van der Waals surface area (Å²) in [4.78, 5) is 16.0. The summed E-state index contributed by atoms with van der Waals surface area (Å²) in [5.74, 6) is -1.38. The number of furan rings is 1. The number of nitriles is 1. The van der Waals surface area contributed by atoms with E-state index in [0.717, 1.165) is 0 Å². The van der Waals surface area contributed by atoms with Crippen LogP contribution < -0.4 is 0 Å². The minimum absolute atomic E-state index is 0.00817. The van der Waals surface area contributed by atoms with E-state index in [2.05, 4.69) is 4.98 Å². The number of Topliss-reactive ketones (excluding diaryl/α,β-unsaturated/α-hetero) is 1. The predicted octanol–water partition coefficient (Wildman–Crippen LogP) is 2.82. The largest absolute Gasteiger partial charge is 0.452 e. The van der Waals surface area contributed by atoms with Crippen LogP contribution in [-0.4, -0.2) is 10.8 Å². The van der Waals surface area contributed by atoms with Gasteiger partial charge in [-0.3, -0.25) is 9.78 Å². The highest BCUT2D eigenvalue weighted by Crippen LogP contribution is 2.24. The van der Waals surface area contributed by atoms with E-state index >= 15 is 0 Å². The Labute approximate surface area is 102 Å². The van der Waals surface area contributed by atoms with Gasteiger partial charge in [0.1, 0.15) is 0 Å². The summed E-state index contributed by atoms with van der Waals surface area (Å²) < 4.78 is 4.83. The third kappa shape index (κ3) is 2.19. The minimum atomic E-state index is -0.966. The van der Waals surface area contributed by atoms with Crippen LogP contribution >= 0.6 is 11.6 Å². The smallest absolute Gasteiger partial charge is 0.203 e. The lowest BCUT2D eigenvalue weighted by Gasteiger charge is -2.05. The Morgan fingerprint density at radius 1 is 1.47 bits per heavy atom. The van der Waals surface area contributed by atoms with Crippen LogP contribution in [0, 0.1) is 11.3 Å². The number of carbonyl (C=O) groups excluding carboxylic acids is 1. The summed E-state index contributed by atoms with van der Waals surface area (Å²) in [6.45, 7) is 0. The summed E-state index contributed by atoms with van der Waals surface area (Å²) in [6.07, 6.45) is 2.84. The molecule has 0 fully saturated rings. The Kier molecular flexibility index (Phi) is 3.22. The van der Waals surface area contributed by atoms with E-state index in [4.69, 9.17) is 21.3 Å². The van der Waals surface area contributed by atoms with Gasteiger partial charge in [0.2, 0.25) is 5.22 Å². The van der Waals surface area contributed by atoms with E-state index in [9.17, 15) is 4.79 Å². The summed E-state index contributed by atoms with van der Waals surface area (Å²) in [7, 11) is 0. The van der Waals surface area contributed by atoms with Crippen molar-refractivity contribution in [3.8, 4) is 6.07 Å². The first-order valence-electron chi connectivity index (χ1n) is 4.82. The molecule has 0 saturated heterocycles. The van der Waals surface area contributed by atoms with E-state index < -0.39 is 11.7 Å². The van der Waals surface area contributed by atoms with E-state index in [1.807, 2.05) is 6.07 Å². The maximum atomic E-state index is 12.1. The van der Waals surface area contributed by atoms with Crippen molar-refractivity contribution in [2.24, 2.45) is 0 Å². The first-order chi connectivity index (χ1) is 8.24. The van der Waals surface area contributed by atoms with E-state index in [1.165, 1.54) is 18.5 Å². The van der Waals surface area contributed by atoms with Crippen molar-refractivity contribution in [1.82, 2.24) is 4.98 Å². The zero-order valence-corrected chi connectivity index (χ0v) is 9.39. The van der Waals surface area contributed by atoms with Crippen molar-refractivity contribution in [3.05, 3.63) is 53.2 Å². The van der Waals surface area contributed by atoms with Gasteiger partial charge >= 0.3 is 0 Å². The number of nitrogens with zero attached hydrogens (tertiary/aromatic N) is 2. The van der Waals surface area contributed by atoms with Gasteiger partial charge < -0.3 is 4.42 Å². The van der Waals surface area contributed by atoms with Gasteiger partial charge in [-0.25, -0.2) is 0 Å². The molecule has 0 amide bonds. The molecule has 5 heteroatoms. The lowest BCUT2D eigenvalue weighted by Crippen LogP contribution is -2.12. The topological polar surface area (TPSA) is 66.9 Å². The summed E-state index contributed by atoms with van der Waals surface area (Å²) in [5, 5.41) is 9.05. The van der Waals surface area contributed by atoms with Crippen LogP contribution in [0.25, 0.3) is 0 Å². The predicted molar refractivity (Wildman–Crippen MR) is 60.6 cm³/mol. The Morgan fingerprint density at radius 2 is 2.29 bits per heavy atom. The SMILES string of the molecule is N#CC(C(=O)c1ccoc1Cl)c1ccccn1. The number of halogens is 1. The van der Waals surface area contributed by atoms with Gasteiger partial charge in [0.15, 0.2) is 11.7 Å². The highest BCUT2D eigenvalue weighted by molar-refractivity contribution is 6.32.